The Kier molecular flexibility index (Phi) is 5.04. The van der Waals surface area contributed by atoms with Gasteiger partial charge in [-0.15, -0.1) is 0 Å². The summed E-state index contributed by atoms with van der Waals surface area (Å²) in [5.41, 5.74) is 5.60. The van der Waals surface area contributed by atoms with Gasteiger partial charge in [0, 0.05) is 18.9 Å². The molecule has 1 rings (SSSR count). The maximum Gasteiger partial charge on any atom is 0.230 e. The number of carbonyl (C=O) groups is 1. The average molecular weight is 240 g/mol. The van der Waals surface area contributed by atoms with Gasteiger partial charge in [-0.3, -0.25) is 4.79 Å². The number of hydrogen-bond donors (Lipinski definition) is 2. The normalized spacial score (nSPS) is 10.4. The van der Waals surface area contributed by atoms with Crippen molar-refractivity contribution >= 4 is 23.5 Å². The Morgan fingerprint density at radius 3 is 2.81 bits per heavy atom. The minimum Gasteiger partial charge on any atom is -0.381 e. The Morgan fingerprint density at radius 2 is 2.19 bits per heavy atom. The van der Waals surface area contributed by atoms with Crippen molar-refractivity contribution in [2.24, 2.45) is 5.92 Å². The third kappa shape index (κ3) is 4.48. The first-order chi connectivity index (χ1) is 7.59. The highest BCUT2D eigenvalue weighted by atomic mass is 32.2. The smallest absolute Gasteiger partial charge is 0.230 e. The van der Waals surface area contributed by atoms with Gasteiger partial charge in [0.15, 0.2) is 5.82 Å². The Bertz CT molecular complexity index is 356. The molecule has 0 aromatic carbocycles. The second-order valence-electron chi connectivity index (χ2n) is 3.73. The van der Waals surface area contributed by atoms with E-state index in [0.29, 0.717) is 29.1 Å². The molecule has 0 atom stereocenters. The zero-order valence-electron chi connectivity index (χ0n) is 9.43. The van der Waals surface area contributed by atoms with Gasteiger partial charge in [-0.25, -0.2) is 9.97 Å². The molecule has 0 spiro atoms. The van der Waals surface area contributed by atoms with Crippen molar-refractivity contribution in [3.63, 3.8) is 0 Å². The molecule has 6 heteroatoms. The molecule has 1 aromatic heterocycles. The van der Waals surface area contributed by atoms with Crippen LogP contribution in [0.5, 0.6) is 0 Å². The van der Waals surface area contributed by atoms with Crippen molar-refractivity contribution in [2.75, 3.05) is 18.0 Å². The molecule has 0 aliphatic carbocycles. The highest BCUT2D eigenvalue weighted by molar-refractivity contribution is 8.00. The molecule has 0 unspecified atom stereocenters. The SMILES string of the molecule is CC(C)CNC(=O)CSc1nccnc1N. The van der Waals surface area contributed by atoms with Crippen molar-refractivity contribution in [3.8, 4) is 0 Å². The van der Waals surface area contributed by atoms with E-state index in [1.165, 1.54) is 18.0 Å². The molecule has 0 saturated heterocycles. The van der Waals surface area contributed by atoms with E-state index in [9.17, 15) is 4.79 Å². The van der Waals surface area contributed by atoms with E-state index in [1.54, 1.807) is 6.20 Å². The molecule has 16 heavy (non-hydrogen) atoms. The first kappa shape index (κ1) is 12.8. The number of amides is 1. The van der Waals surface area contributed by atoms with Gasteiger partial charge in [0.1, 0.15) is 5.03 Å². The van der Waals surface area contributed by atoms with Crippen LogP contribution in [0.25, 0.3) is 0 Å². The summed E-state index contributed by atoms with van der Waals surface area (Å²) in [6, 6.07) is 0. The average Bonchev–Trinajstić information content (AvgIpc) is 2.25. The number of nitrogens with zero attached hydrogens (tertiary/aromatic N) is 2. The summed E-state index contributed by atoms with van der Waals surface area (Å²) in [5.74, 6) is 1.12. The van der Waals surface area contributed by atoms with Crippen molar-refractivity contribution in [3.05, 3.63) is 12.4 Å². The van der Waals surface area contributed by atoms with Crippen LogP contribution in [-0.2, 0) is 4.79 Å². The second kappa shape index (κ2) is 6.32. The first-order valence-corrected chi connectivity index (χ1v) is 6.04. The molecule has 0 aliphatic rings. The second-order valence-corrected chi connectivity index (χ2v) is 4.70. The van der Waals surface area contributed by atoms with Gasteiger partial charge in [-0.2, -0.15) is 0 Å². The summed E-state index contributed by atoms with van der Waals surface area (Å²) < 4.78 is 0. The van der Waals surface area contributed by atoms with E-state index in [-0.39, 0.29) is 5.91 Å². The lowest BCUT2D eigenvalue weighted by Gasteiger charge is -2.07. The molecule has 1 aromatic rings. The van der Waals surface area contributed by atoms with Crippen LogP contribution in [0.1, 0.15) is 13.8 Å². The minimum absolute atomic E-state index is 0.0104. The van der Waals surface area contributed by atoms with Gasteiger partial charge >= 0.3 is 0 Å². The lowest BCUT2D eigenvalue weighted by Crippen LogP contribution is -2.28. The number of aromatic nitrogens is 2. The summed E-state index contributed by atoms with van der Waals surface area (Å²) in [6.45, 7) is 4.79. The van der Waals surface area contributed by atoms with Gasteiger partial charge in [-0.05, 0) is 5.92 Å². The van der Waals surface area contributed by atoms with Crippen LogP contribution in [0.3, 0.4) is 0 Å². The molecule has 88 valence electrons. The van der Waals surface area contributed by atoms with Gasteiger partial charge in [0.2, 0.25) is 5.91 Å². The molecule has 0 aliphatic heterocycles. The fraction of sp³-hybridized carbons (Fsp3) is 0.500. The van der Waals surface area contributed by atoms with E-state index in [0.717, 1.165) is 0 Å². The molecule has 1 heterocycles. The maximum absolute atomic E-state index is 11.4. The predicted molar refractivity (Wildman–Crippen MR) is 65.0 cm³/mol. The number of hydrogen-bond acceptors (Lipinski definition) is 5. The van der Waals surface area contributed by atoms with Gasteiger partial charge < -0.3 is 11.1 Å². The van der Waals surface area contributed by atoms with E-state index >= 15 is 0 Å². The lowest BCUT2D eigenvalue weighted by atomic mass is 10.2. The fourth-order valence-electron chi connectivity index (χ4n) is 0.950. The number of nitrogens with two attached hydrogens (primary N) is 1. The van der Waals surface area contributed by atoms with Crippen LogP contribution < -0.4 is 11.1 Å². The van der Waals surface area contributed by atoms with Crippen molar-refractivity contribution in [2.45, 2.75) is 18.9 Å². The largest absolute Gasteiger partial charge is 0.381 e. The van der Waals surface area contributed by atoms with E-state index < -0.39 is 0 Å². The van der Waals surface area contributed by atoms with Crippen LogP contribution in [0.15, 0.2) is 17.4 Å². The molecule has 0 fully saturated rings. The monoisotopic (exact) mass is 240 g/mol. The summed E-state index contributed by atoms with van der Waals surface area (Å²) >= 11 is 1.30. The van der Waals surface area contributed by atoms with Crippen molar-refractivity contribution in [1.82, 2.24) is 15.3 Å². The summed E-state index contributed by atoms with van der Waals surface area (Å²) in [4.78, 5) is 19.3. The molecule has 1 amide bonds. The summed E-state index contributed by atoms with van der Waals surface area (Å²) in [5, 5.41) is 3.42. The molecule has 5 nitrogen and oxygen atoms in total. The predicted octanol–water partition coefficient (Wildman–Crippen LogP) is 0.923. The number of carbonyl (C=O) groups excluding carboxylic acids is 1. The molecular formula is C10H16N4OS. The number of thioether (sulfide) groups is 1. The minimum atomic E-state index is -0.0104. The summed E-state index contributed by atoms with van der Waals surface area (Å²) in [6.07, 6.45) is 3.09. The highest BCUT2D eigenvalue weighted by Gasteiger charge is 2.06. The number of anilines is 1. The zero-order valence-corrected chi connectivity index (χ0v) is 10.3. The quantitative estimate of drug-likeness (QED) is 0.748. The maximum atomic E-state index is 11.4. The molecule has 0 radical (unpaired) electrons. The third-order valence-corrected chi connectivity index (χ3v) is 2.73. The number of rotatable bonds is 5. The Balaban J connectivity index is 2.35. The first-order valence-electron chi connectivity index (χ1n) is 5.05. The number of nitrogen functional groups attached to an aromatic ring is 1. The fourth-order valence-corrected chi connectivity index (χ4v) is 1.66. The van der Waals surface area contributed by atoms with Crippen molar-refractivity contribution in [1.29, 1.82) is 0 Å². The standard InChI is InChI=1S/C10H16N4OS/c1-7(2)5-14-8(15)6-16-10-9(11)12-3-4-13-10/h3-4,7H,5-6H2,1-2H3,(H2,11,12)(H,14,15). The van der Waals surface area contributed by atoms with Crippen molar-refractivity contribution < 1.29 is 4.79 Å². The molecular weight excluding hydrogens is 224 g/mol. The molecule has 3 N–H and O–H groups in total. The van der Waals surface area contributed by atoms with E-state index in [1.807, 2.05) is 13.8 Å². The van der Waals surface area contributed by atoms with Gasteiger partial charge in [-0.1, -0.05) is 25.6 Å². The molecule has 0 saturated carbocycles. The Morgan fingerprint density at radius 1 is 1.50 bits per heavy atom. The number of nitrogens with one attached hydrogen (secondary N) is 1. The Hall–Kier alpha value is -1.30. The Labute approximate surface area is 99.2 Å². The topological polar surface area (TPSA) is 80.9 Å². The zero-order chi connectivity index (χ0) is 12.0. The van der Waals surface area contributed by atoms with Gasteiger partial charge in [0.25, 0.3) is 0 Å². The van der Waals surface area contributed by atoms with Gasteiger partial charge in [0.05, 0.1) is 5.75 Å². The molecule has 0 bridgehead atoms. The van der Waals surface area contributed by atoms with Crippen LogP contribution in [-0.4, -0.2) is 28.2 Å². The van der Waals surface area contributed by atoms with Crippen LogP contribution >= 0.6 is 11.8 Å². The lowest BCUT2D eigenvalue weighted by molar-refractivity contribution is -0.118. The summed E-state index contributed by atoms with van der Waals surface area (Å²) in [7, 11) is 0. The van der Waals surface area contributed by atoms with E-state index in [4.69, 9.17) is 5.73 Å². The van der Waals surface area contributed by atoms with Crippen LogP contribution in [0.4, 0.5) is 5.82 Å². The third-order valence-electron chi connectivity index (χ3n) is 1.74. The van der Waals surface area contributed by atoms with E-state index in [2.05, 4.69) is 15.3 Å². The highest BCUT2D eigenvalue weighted by Crippen LogP contribution is 2.18. The van der Waals surface area contributed by atoms with Crippen LogP contribution in [0.2, 0.25) is 0 Å². The van der Waals surface area contributed by atoms with Crippen LogP contribution in [0, 0.1) is 5.92 Å².